The van der Waals surface area contributed by atoms with Gasteiger partial charge in [-0.25, -0.2) is 9.97 Å². The van der Waals surface area contributed by atoms with Crippen LogP contribution in [-0.2, 0) is 6.42 Å². The van der Waals surface area contributed by atoms with Gasteiger partial charge >= 0.3 is 0 Å². The van der Waals surface area contributed by atoms with Crippen molar-refractivity contribution in [1.29, 1.82) is 0 Å². The minimum absolute atomic E-state index is 0.552. The molecule has 2 rings (SSSR count). The Balaban J connectivity index is 1.77. The molecule has 0 bridgehead atoms. The summed E-state index contributed by atoms with van der Waals surface area (Å²) in [7, 11) is 0. The second-order valence-electron chi connectivity index (χ2n) is 4.49. The molecule has 0 unspecified atom stereocenters. The number of nitrogen functional groups attached to an aromatic ring is 1. The number of hydrogen-bond acceptors (Lipinski definition) is 5. The summed E-state index contributed by atoms with van der Waals surface area (Å²) in [5.41, 5.74) is 7.45. The van der Waals surface area contributed by atoms with Gasteiger partial charge in [-0.3, -0.25) is 0 Å². The molecule has 20 heavy (non-hydrogen) atoms. The van der Waals surface area contributed by atoms with Gasteiger partial charge in [-0.2, -0.15) is 0 Å². The summed E-state index contributed by atoms with van der Waals surface area (Å²) < 4.78 is 5.60. The minimum atomic E-state index is 0.552. The van der Waals surface area contributed by atoms with Gasteiger partial charge in [0.25, 0.3) is 0 Å². The number of hydrogen-bond donors (Lipinski definition) is 2. The lowest BCUT2D eigenvalue weighted by Crippen LogP contribution is -2.12. The summed E-state index contributed by atoms with van der Waals surface area (Å²) in [4.78, 5) is 8.40. The van der Waals surface area contributed by atoms with Gasteiger partial charge in [0, 0.05) is 23.5 Å². The van der Waals surface area contributed by atoms with Crippen LogP contribution in [0.1, 0.15) is 19.0 Å². The maximum Gasteiger partial charge on any atom is 0.129 e. The Morgan fingerprint density at radius 2 is 2.15 bits per heavy atom. The van der Waals surface area contributed by atoms with Crippen LogP contribution in [0.3, 0.4) is 0 Å². The third-order valence-electron chi connectivity index (χ3n) is 2.76. The molecule has 0 radical (unpaired) electrons. The minimum Gasteiger partial charge on any atom is -0.492 e. The molecule has 0 saturated heterocycles. The Hall–Kier alpha value is -2.30. The van der Waals surface area contributed by atoms with Crippen LogP contribution in [0.2, 0.25) is 0 Å². The Bertz CT molecular complexity index is 545. The number of anilines is 2. The molecule has 1 heterocycles. The maximum absolute atomic E-state index is 5.69. The van der Waals surface area contributed by atoms with Gasteiger partial charge in [-0.05, 0) is 18.6 Å². The summed E-state index contributed by atoms with van der Waals surface area (Å²) in [6.07, 6.45) is 3.64. The standard InChI is InChI=1S/C15H20N4O/c1-2-4-13-10-15(19-11-18-13)17-7-8-20-14-6-3-5-12(16)9-14/h3,5-6,9-11H,2,4,7-8,16H2,1H3,(H,17,18,19). The lowest BCUT2D eigenvalue weighted by atomic mass is 10.2. The van der Waals surface area contributed by atoms with Gasteiger partial charge in [0.1, 0.15) is 24.5 Å². The molecule has 0 amide bonds. The number of aryl methyl sites for hydroxylation is 1. The smallest absolute Gasteiger partial charge is 0.129 e. The van der Waals surface area contributed by atoms with Crippen LogP contribution in [0.25, 0.3) is 0 Å². The Kier molecular flexibility index (Phi) is 5.17. The van der Waals surface area contributed by atoms with Gasteiger partial charge in [0.2, 0.25) is 0 Å². The molecule has 0 aliphatic heterocycles. The zero-order chi connectivity index (χ0) is 14.2. The molecular weight excluding hydrogens is 252 g/mol. The fourth-order valence-corrected chi connectivity index (χ4v) is 1.84. The molecule has 0 aliphatic carbocycles. The van der Waals surface area contributed by atoms with Crippen molar-refractivity contribution in [2.24, 2.45) is 0 Å². The van der Waals surface area contributed by atoms with Crippen molar-refractivity contribution < 1.29 is 4.74 Å². The van der Waals surface area contributed by atoms with E-state index in [4.69, 9.17) is 10.5 Å². The molecule has 0 atom stereocenters. The zero-order valence-electron chi connectivity index (χ0n) is 11.7. The average molecular weight is 272 g/mol. The van der Waals surface area contributed by atoms with E-state index in [1.807, 2.05) is 30.3 Å². The van der Waals surface area contributed by atoms with E-state index in [0.29, 0.717) is 18.8 Å². The van der Waals surface area contributed by atoms with E-state index in [9.17, 15) is 0 Å². The highest BCUT2D eigenvalue weighted by atomic mass is 16.5. The highest BCUT2D eigenvalue weighted by molar-refractivity contribution is 5.43. The van der Waals surface area contributed by atoms with E-state index < -0.39 is 0 Å². The first-order chi connectivity index (χ1) is 9.78. The third-order valence-corrected chi connectivity index (χ3v) is 2.76. The predicted molar refractivity (Wildman–Crippen MR) is 80.9 cm³/mol. The number of nitrogens with one attached hydrogen (secondary N) is 1. The van der Waals surface area contributed by atoms with Crippen LogP contribution in [0.5, 0.6) is 5.75 Å². The molecule has 1 aromatic heterocycles. The number of benzene rings is 1. The van der Waals surface area contributed by atoms with Crippen molar-refractivity contribution in [1.82, 2.24) is 9.97 Å². The third kappa shape index (κ3) is 4.42. The lowest BCUT2D eigenvalue weighted by molar-refractivity contribution is 0.333. The van der Waals surface area contributed by atoms with Crippen molar-refractivity contribution in [3.63, 3.8) is 0 Å². The van der Waals surface area contributed by atoms with E-state index >= 15 is 0 Å². The van der Waals surface area contributed by atoms with Crippen LogP contribution in [0, 0.1) is 0 Å². The highest BCUT2D eigenvalue weighted by Gasteiger charge is 1.98. The Morgan fingerprint density at radius 3 is 2.95 bits per heavy atom. The van der Waals surface area contributed by atoms with E-state index in [1.54, 1.807) is 6.33 Å². The first kappa shape index (κ1) is 14.1. The first-order valence-corrected chi connectivity index (χ1v) is 6.81. The predicted octanol–water partition coefficient (Wildman–Crippen LogP) is 2.50. The average Bonchev–Trinajstić information content (AvgIpc) is 2.45. The number of rotatable bonds is 7. The number of ether oxygens (including phenoxy) is 1. The second kappa shape index (κ2) is 7.33. The Labute approximate surface area is 119 Å². The van der Waals surface area contributed by atoms with Crippen LogP contribution in [-0.4, -0.2) is 23.1 Å². The van der Waals surface area contributed by atoms with E-state index in [0.717, 1.165) is 30.1 Å². The van der Waals surface area contributed by atoms with Crippen molar-refractivity contribution in [2.75, 3.05) is 24.2 Å². The van der Waals surface area contributed by atoms with Gasteiger partial charge in [-0.15, -0.1) is 0 Å². The number of nitrogens with zero attached hydrogens (tertiary/aromatic N) is 2. The van der Waals surface area contributed by atoms with Gasteiger partial charge in [-0.1, -0.05) is 19.4 Å². The fraction of sp³-hybridized carbons (Fsp3) is 0.333. The quantitative estimate of drug-likeness (QED) is 0.598. The summed E-state index contributed by atoms with van der Waals surface area (Å²) in [6, 6.07) is 9.38. The van der Waals surface area contributed by atoms with Gasteiger partial charge in [0.15, 0.2) is 0 Å². The number of nitrogens with two attached hydrogens (primary N) is 1. The SMILES string of the molecule is CCCc1cc(NCCOc2cccc(N)c2)ncn1. The van der Waals surface area contributed by atoms with Crippen molar-refractivity contribution in [2.45, 2.75) is 19.8 Å². The topological polar surface area (TPSA) is 73.1 Å². The lowest BCUT2D eigenvalue weighted by Gasteiger charge is -2.09. The zero-order valence-corrected chi connectivity index (χ0v) is 11.7. The summed E-state index contributed by atoms with van der Waals surface area (Å²) in [6.45, 7) is 3.36. The molecule has 0 saturated carbocycles. The van der Waals surface area contributed by atoms with E-state index in [2.05, 4.69) is 22.2 Å². The fourth-order valence-electron chi connectivity index (χ4n) is 1.84. The summed E-state index contributed by atoms with van der Waals surface area (Å²) >= 11 is 0. The molecule has 5 heteroatoms. The monoisotopic (exact) mass is 272 g/mol. The molecule has 3 N–H and O–H groups in total. The van der Waals surface area contributed by atoms with Gasteiger partial charge in [0.05, 0.1) is 6.54 Å². The molecule has 106 valence electrons. The number of aromatic nitrogens is 2. The summed E-state index contributed by atoms with van der Waals surface area (Å²) in [5, 5.41) is 3.22. The van der Waals surface area contributed by atoms with Gasteiger partial charge < -0.3 is 15.8 Å². The Morgan fingerprint density at radius 1 is 1.25 bits per heavy atom. The van der Waals surface area contributed by atoms with E-state index in [1.165, 1.54) is 0 Å². The van der Waals surface area contributed by atoms with Crippen LogP contribution in [0.4, 0.5) is 11.5 Å². The highest BCUT2D eigenvalue weighted by Crippen LogP contribution is 2.14. The molecule has 2 aromatic rings. The van der Waals surface area contributed by atoms with E-state index in [-0.39, 0.29) is 0 Å². The molecular formula is C15H20N4O. The maximum atomic E-state index is 5.69. The normalized spacial score (nSPS) is 10.2. The first-order valence-electron chi connectivity index (χ1n) is 6.81. The van der Waals surface area contributed by atoms with Crippen molar-refractivity contribution in [3.8, 4) is 5.75 Å². The largest absolute Gasteiger partial charge is 0.492 e. The van der Waals surface area contributed by atoms with Crippen LogP contribution in [0.15, 0.2) is 36.7 Å². The van der Waals surface area contributed by atoms with Crippen LogP contribution < -0.4 is 15.8 Å². The molecule has 0 spiro atoms. The molecule has 5 nitrogen and oxygen atoms in total. The molecule has 0 fully saturated rings. The molecule has 1 aromatic carbocycles. The van der Waals surface area contributed by atoms with Crippen molar-refractivity contribution >= 4 is 11.5 Å². The van der Waals surface area contributed by atoms with Crippen LogP contribution >= 0.6 is 0 Å². The summed E-state index contributed by atoms with van der Waals surface area (Å²) in [5.74, 6) is 1.61. The molecule has 0 aliphatic rings. The van der Waals surface area contributed by atoms with Crippen molar-refractivity contribution in [3.05, 3.63) is 42.4 Å². The second-order valence-corrected chi connectivity index (χ2v) is 4.49.